The molecular weight excluding hydrogens is 240 g/mol. The lowest BCUT2D eigenvalue weighted by Gasteiger charge is -2.30. The van der Waals surface area contributed by atoms with Crippen molar-refractivity contribution >= 4 is 5.95 Å². The summed E-state index contributed by atoms with van der Waals surface area (Å²) in [5.41, 5.74) is 1.96. The summed E-state index contributed by atoms with van der Waals surface area (Å²) >= 11 is 0. The minimum absolute atomic E-state index is 0.469. The Hall–Kier alpha value is -1.95. The lowest BCUT2D eigenvalue weighted by molar-refractivity contribution is 0.480. The van der Waals surface area contributed by atoms with Crippen LogP contribution in [0.15, 0.2) is 18.3 Å². The Bertz CT molecular complexity index is 547. The zero-order valence-corrected chi connectivity index (χ0v) is 11.2. The fraction of sp³-hybridized carbons (Fsp3) is 0.462. The van der Waals surface area contributed by atoms with Crippen LogP contribution in [-0.2, 0) is 0 Å². The largest absolute Gasteiger partial charge is 0.337 e. The van der Waals surface area contributed by atoms with E-state index in [2.05, 4.69) is 37.3 Å². The molecule has 0 bridgehead atoms. The standard InChI is InChI=1S/C13H18N6/c1-9-3-4-11(7-15-9)12-16-13(18-17-12)19-6-5-14-10(2)8-19/h3-4,7,10,14H,5-6,8H2,1-2H3,(H,16,17,18). The summed E-state index contributed by atoms with van der Waals surface area (Å²) < 4.78 is 0. The van der Waals surface area contributed by atoms with Gasteiger partial charge in [-0.1, -0.05) is 0 Å². The number of nitrogens with one attached hydrogen (secondary N) is 2. The lowest BCUT2D eigenvalue weighted by atomic mass is 10.2. The fourth-order valence-electron chi connectivity index (χ4n) is 2.25. The number of H-pyrrole nitrogens is 1. The molecule has 0 saturated carbocycles. The quantitative estimate of drug-likeness (QED) is 0.840. The van der Waals surface area contributed by atoms with Crippen molar-refractivity contribution in [2.75, 3.05) is 24.5 Å². The van der Waals surface area contributed by atoms with Gasteiger partial charge >= 0.3 is 0 Å². The van der Waals surface area contributed by atoms with E-state index in [1.165, 1.54) is 0 Å². The van der Waals surface area contributed by atoms with Crippen LogP contribution < -0.4 is 10.2 Å². The van der Waals surface area contributed by atoms with Gasteiger partial charge in [-0.05, 0) is 26.0 Å². The first kappa shape index (κ1) is 12.1. The number of aryl methyl sites for hydroxylation is 1. The van der Waals surface area contributed by atoms with E-state index in [0.29, 0.717) is 6.04 Å². The predicted molar refractivity (Wildman–Crippen MR) is 74.0 cm³/mol. The summed E-state index contributed by atoms with van der Waals surface area (Å²) in [6.45, 7) is 6.98. The second-order valence-corrected chi connectivity index (χ2v) is 4.97. The molecule has 0 radical (unpaired) electrons. The molecule has 1 unspecified atom stereocenters. The summed E-state index contributed by atoms with van der Waals surface area (Å²) in [5, 5.41) is 10.7. The molecule has 1 atom stereocenters. The number of piperazine rings is 1. The average Bonchev–Trinajstić information content (AvgIpc) is 2.89. The summed E-state index contributed by atoms with van der Waals surface area (Å²) in [6.07, 6.45) is 1.82. The Balaban J connectivity index is 1.81. The van der Waals surface area contributed by atoms with Crippen molar-refractivity contribution < 1.29 is 0 Å². The van der Waals surface area contributed by atoms with Gasteiger partial charge in [0.05, 0.1) is 0 Å². The second-order valence-electron chi connectivity index (χ2n) is 4.97. The normalized spacial score (nSPS) is 19.7. The van der Waals surface area contributed by atoms with Gasteiger partial charge in [-0.25, -0.2) is 0 Å². The highest BCUT2D eigenvalue weighted by Crippen LogP contribution is 2.17. The van der Waals surface area contributed by atoms with Crippen LogP contribution >= 0.6 is 0 Å². The van der Waals surface area contributed by atoms with Gasteiger partial charge in [-0.3, -0.25) is 10.1 Å². The second kappa shape index (κ2) is 4.97. The third kappa shape index (κ3) is 2.58. The number of nitrogens with zero attached hydrogens (tertiary/aromatic N) is 4. The van der Waals surface area contributed by atoms with Crippen LogP contribution in [0, 0.1) is 6.92 Å². The maximum Gasteiger partial charge on any atom is 0.245 e. The number of hydrogen-bond acceptors (Lipinski definition) is 5. The molecule has 1 saturated heterocycles. The molecule has 0 aliphatic carbocycles. The van der Waals surface area contributed by atoms with Gasteiger partial charge < -0.3 is 10.2 Å². The van der Waals surface area contributed by atoms with E-state index in [1.54, 1.807) is 0 Å². The number of aromatic amines is 1. The van der Waals surface area contributed by atoms with E-state index in [-0.39, 0.29) is 0 Å². The Labute approximate surface area is 112 Å². The van der Waals surface area contributed by atoms with Crippen molar-refractivity contribution in [2.24, 2.45) is 0 Å². The van der Waals surface area contributed by atoms with Gasteiger partial charge in [0.2, 0.25) is 5.95 Å². The van der Waals surface area contributed by atoms with Crippen molar-refractivity contribution in [1.29, 1.82) is 0 Å². The van der Waals surface area contributed by atoms with Crippen LogP contribution in [0.2, 0.25) is 0 Å². The highest BCUT2D eigenvalue weighted by Gasteiger charge is 2.19. The number of rotatable bonds is 2. The van der Waals surface area contributed by atoms with Gasteiger partial charge in [0.25, 0.3) is 0 Å². The van der Waals surface area contributed by atoms with Crippen LogP contribution in [0.25, 0.3) is 11.4 Å². The minimum atomic E-state index is 0.469. The zero-order valence-electron chi connectivity index (χ0n) is 11.2. The first-order valence-corrected chi connectivity index (χ1v) is 6.56. The summed E-state index contributed by atoms with van der Waals surface area (Å²) in [5.74, 6) is 1.54. The van der Waals surface area contributed by atoms with E-state index in [9.17, 15) is 0 Å². The molecule has 0 aromatic carbocycles. The molecule has 1 fully saturated rings. The molecule has 2 aromatic rings. The third-order valence-electron chi connectivity index (χ3n) is 3.31. The zero-order chi connectivity index (χ0) is 13.2. The maximum atomic E-state index is 4.56. The van der Waals surface area contributed by atoms with Gasteiger partial charge in [-0.2, -0.15) is 4.98 Å². The molecule has 6 heteroatoms. The lowest BCUT2D eigenvalue weighted by Crippen LogP contribution is -2.49. The number of anilines is 1. The molecule has 19 heavy (non-hydrogen) atoms. The van der Waals surface area contributed by atoms with Crippen LogP contribution in [-0.4, -0.2) is 45.8 Å². The third-order valence-corrected chi connectivity index (χ3v) is 3.31. The predicted octanol–water partition coefficient (Wildman–Crippen LogP) is 0.973. The first-order chi connectivity index (χ1) is 9.22. The van der Waals surface area contributed by atoms with E-state index >= 15 is 0 Å². The van der Waals surface area contributed by atoms with Crippen molar-refractivity contribution in [3.05, 3.63) is 24.0 Å². The van der Waals surface area contributed by atoms with Crippen molar-refractivity contribution in [3.63, 3.8) is 0 Å². The van der Waals surface area contributed by atoms with Crippen LogP contribution in [0.1, 0.15) is 12.6 Å². The maximum absolute atomic E-state index is 4.56. The Kier molecular flexibility index (Phi) is 3.16. The monoisotopic (exact) mass is 258 g/mol. The molecule has 0 spiro atoms. The molecule has 1 aliphatic heterocycles. The SMILES string of the molecule is Cc1ccc(-c2nc(N3CCNC(C)C3)n[nH]2)cn1. The Morgan fingerprint density at radius 1 is 1.37 bits per heavy atom. The molecule has 6 nitrogen and oxygen atoms in total. The van der Waals surface area contributed by atoms with Crippen LogP contribution in [0.5, 0.6) is 0 Å². The summed E-state index contributed by atoms with van der Waals surface area (Å²) in [4.78, 5) is 11.0. The molecular formula is C13H18N6. The van der Waals surface area contributed by atoms with E-state index in [4.69, 9.17) is 0 Å². The molecule has 0 amide bonds. The highest BCUT2D eigenvalue weighted by atomic mass is 15.4. The molecule has 3 rings (SSSR count). The van der Waals surface area contributed by atoms with Crippen molar-refractivity contribution in [2.45, 2.75) is 19.9 Å². The number of pyridine rings is 1. The molecule has 2 aromatic heterocycles. The smallest absolute Gasteiger partial charge is 0.245 e. The topological polar surface area (TPSA) is 69.7 Å². The van der Waals surface area contributed by atoms with Gasteiger partial charge in [-0.15, -0.1) is 5.10 Å². The first-order valence-electron chi connectivity index (χ1n) is 6.56. The van der Waals surface area contributed by atoms with Gasteiger partial charge in [0, 0.05) is 43.1 Å². The molecule has 3 heterocycles. The average molecular weight is 258 g/mol. The fourth-order valence-corrected chi connectivity index (χ4v) is 2.25. The van der Waals surface area contributed by atoms with Crippen LogP contribution in [0.3, 0.4) is 0 Å². The minimum Gasteiger partial charge on any atom is -0.337 e. The summed E-state index contributed by atoms with van der Waals surface area (Å²) in [7, 11) is 0. The summed E-state index contributed by atoms with van der Waals surface area (Å²) in [6, 6.07) is 4.45. The van der Waals surface area contributed by atoms with Crippen LogP contribution in [0.4, 0.5) is 5.95 Å². The molecule has 2 N–H and O–H groups in total. The van der Waals surface area contributed by atoms with E-state index in [1.807, 2.05) is 25.3 Å². The molecule has 100 valence electrons. The van der Waals surface area contributed by atoms with Crippen molar-refractivity contribution in [3.8, 4) is 11.4 Å². The number of aromatic nitrogens is 4. The Morgan fingerprint density at radius 2 is 2.26 bits per heavy atom. The van der Waals surface area contributed by atoms with E-state index in [0.717, 1.165) is 42.7 Å². The van der Waals surface area contributed by atoms with Gasteiger partial charge in [0.1, 0.15) is 0 Å². The van der Waals surface area contributed by atoms with E-state index < -0.39 is 0 Å². The van der Waals surface area contributed by atoms with Crippen molar-refractivity contribution in [1.82, 2.24) is 25.5 Å². The number of hydrogen-bond donors (Lipinski definition) is 2. The Morgan fingerprint density at radius 3 is 3.00 bits per heavy atom. The van der Waals surface area contributed by atoms with Gasteiger partial charge in [0.15, 0.2) is 5.82 Å². The highest BCUT2D eigenvalue weighted by molar-refractivity contribution is 5.55. The molecule has 1 aliphatic rings.